The zero-order valence-corrected chi connectivity index (χ0v) is 68.9. The van der Waals surface area contributed by atoms with E-state index in [9.17, 15) is 0 Å². The van der Waals surface area contributed by atoms with Crippen molar-refractivity contribution < 1.29 is 13.3 Å². The summed E-state index contributed by atoms with van der Waals surface area (Å²) < 4.78 is 18.8. The third-order valence-corrected chi connectivity index (χ3v) is 25.4. The summed E-state index contributed by atoms with van der Waals surface area (Å²) in [5, 5.41) is 23.7. The van der Waals surface area contributed by atoms with Crippen molar-refractivity contribution in [3.8, 4) is 112 Å². The fourth-order valence-electron chi connectivity index (χ4n) is 19.6. The van der Waals surface area contributed by atoms with Crippen LogP contribution in [0.2, 0.25) is 0 Å². The fraction of sp³-hybridized carbons (Fsp3) is 0. The van der Waals surface area contributed by atoms with Crippen LogP contribution in [0.25, 0.3) is 253 Å². The van der Waals surface area contributed by atoms with Crippen LogP contribution in [0, 0.1) is 0 Å². The molecule has 0 aliphatic rings. The molecule has 0 spiro atoms. The molecule has 0 radical (unpaired) electrons. The number of furan rings is 3. The summed E-state index contributed by atoms with van der Waals surface area (Å²) in [6.07, 6.45) is 5.99. The largest absolute Gasteiger partial charge is 0.456 e. The molecule has 127 heavy (non-hydrogen) atoms. The molecule has 0 saturated carbocycles. The van der Waals surface area contributed by atoms with E-state index in [2.05, 4.69) is 406 Å². The van der Waals surface area contributed by atoms with Crippen molar-refractivity contribution in [2.45, 2.75) is 0 Å². The maximum absolute atomic E-state index is 6.61. The Balaban J connectivity index is 0.000000107. The Morgan fingerprint density at radius 3 is 0.921 bits per heavy atom. The zero-order chi connectivity index (χ0) is 83.8. The van der Waals surface area contributed by atoms with Crippen molar-refractivity contribution in [3.63, 3.8) is 0 Å². The molecule has 0 N–H and O–H groups in total. The quantitative estimate of drug-likeness (QED) is 0.127. The lowest BCUT2D eigenvalue weighted by molar-refractivity contribution is 0.668. The summed E-state index contributed by atoms with van der Waals surface area (Å²) >= 11 is 0. The number of aromatic nitrogens is 3. The Bertz CT molecular complexity index is 8610. The highest BCUT2D eigenvalue weighted by Crippen LogP contribution is 2.49. The van der Waals surface area contributed by atoms with Crippen molar-refractivity contribution in [2.24, 2.45) is 0 Å². The summed E-state index contributed by atoms with van der Waals surface area (Å²) in [7, 11) is 0. The second kappa shape index (κ2) is 31.2. The molecule has 592 valence electrons. The van der Waals surface area contributed by atoms with Gasteiger partial charge < -0.3 is 13.3 Å². The molecule has 20 aromatic carbocycles. The molecular formula is C121H75N3O3. The monoisotopic (exact) mass is 1620 g/mol. The molecule has 0 unspecified atom stereocenters. The van der Waals surface area contributed by atoms with Gasteiger partial charge >= 0.3 is 0 Å². The molecule has 6 heterocycles. The normalized spacial score (nSPS) is 11.6. The van der Waals surface area contributed by atoms with Crippen LogP contribution in [0.1, 0.15) is 0 Å². The summed E-state index contributed by atoms with van der Waals surface area (Å²) in [6, 6.07) is 154. The Hall–Kier alpha value is -16.9. The third kappa shape index (κ3) is 12.8. The van der Waals surface area contributed by atoms with Crippen molar-refractivity contribution in [1.82, 2.24) is 15.0 Å². The van der Waals surface area contributed by atoms with Gasteiger partial charge in [0.05, 0.1) is 17.1 Å². The van der Waals surface area contributed by atoms with Gasteiger partial charge in [-0.25, -0.2) is 0 Å². The number of hydrogen-bond acceptors (Lipinski definition) is 6. The third-order valence-electron chi connectivity index (χ3n) is 25.4. The minimum Gasteiger partial charge on any atom is -0.456 e. The topological polar surface area (TPSA) is 78.1 Å². The molecule has 0 amide bonds. The van der Waals surface area contributed by atoms with Crippen LogP contribution in [0.3, 0.4) is 0 Å². The molecule has 6 nitrogen and oxygen atoms in total. The molecule has 6 aromatic heterocycles. The zero-order valence-electron chi connectivity index (χ0n) is 68.9. The molecule has 0 bridgehead atoms. The highest BCUT2D eigenvalue weighted by Gasteiger charge is 2.24. The predicted molar refractivity (Wildman–Crippen MR) is 531 cm³/mol. The van der Waals surface area contributed by atoms with Crippen LogP contribution < -0.4 is 0 Å². The van der Waals surface area contributed by atoms with Gasteiger partial charge in [0, 0.05) is 95.2 Å². The van der Waals surface area contributed by atoms with Crippen LogP contribution >= 0.6 is 0 Å². The van der Waals surface area contributed by atoms with Crippen molar-refractivity contribution in [3.05, 3.63) is 455 Å². The second-order valence-corrected chi connectivity index (χ2v) is 32.5. The van der Waals surface area contributed by atoms with E-state index in [-0.39, 0.29) is 0 Å². The van der Waals surface area contributed by atoms with E-state index in [1.165, 1.54) is 126 Å². The van der Waals surface area contributed by atoms with E-state index in [0.29, 0.717) is 0 Å². The number of pyridine rings is 3. The minimum absolute atomic E-state index is 0.895. The van der Waals surface area contributed by atoms with Gasteiger partial charge in [-0.15, -0.1) is 0 Å². The first kappa shape index (κ1) is 73.9. The van der Waals surface area contributed by atoms with Crippen LogP contribution in [-0.2, 0) is 0 Å². The maximum atomic E-state index is 6.61. The first-order valence-electron chi connectivity index (χ1n) is 43.2. The molecule has 26 aromatic rings. The van der Waals surface area contributed by atoms with E-state index in [0.717, 1.165) is 127 Å². The summed E-state index contributed by atoms with van der Waals surface area (Å²) in [5.74, 6) is 0. The van der Waals surface area contributed by atoms with E-state index in [1.54, 1.807) is 0 Å². The Kier molecular flexibility index (Phi) is 18.2. The standard InChI is InChI=1S/C43H27NO.C41H25NO.C37H23NO/c1-2-10-30(11-3-1)42-34-13-4-6-15-36(34)43(37-16-7-5-14-35(37)42)39-24-22-32(27-44-39)29-20-18-28(19-21-29)31-23-25-41-38(26-31)33-12-8-9-17-40(33)45-41;1-2-12-27(13-3-1)38-31-15-6-8-17-33(31)39(34-18-9-7-16-32(34)38)37-24-22-28(25-42-37)30-19-10-20-35-36-23-21-26-11-4-5-14-29(26)40(36)43-41(30)35;1-2-11-24(12-3-1)35-27-13-4-6-15-29(27)36(30-16-7-5-14-28(30)35)32-22-21-25(23-38-32)26-18-10-20-34-37(26)31-17-8-9-19-33(31)39-34/h1-27H;1-25H;1-23H. The highest BCUT2D eigenvalue weighted by molar-refractivity contribution is 6.25. The average molecular weight is 1620 g/mol. The lowest BCUT2D eigenvalue weighted by atomic mass is 9.87. The smallest absolute Gasteiger partial charge is 0.143 e. The number of rotatable bonds is 10. The first-order chi connectivity index (χ1) is 63.0. The molecule has 0 aliphatic heterocycles. The SMILES string of the molecule is c1ccc(-c2c3ccccc3c(-c3ccc(-c4ccc(-c5ccc6oc7ccccc7c6c5)cc4)cn3)c3ccccc23)cc1.c1ccc(-c2c3ccccc3c(-c3ccc(-c4cccc5c4oc4c6ccccc6ccc54)cn3)c3ccccc23)cc1.c1ccc(-c2c3ccccc3c(-c3ccc(-c4cccc5oc6ccccc6c45)cn3)c3ccccc23)cc1. The van der Waals surface area contributed by atoms with E-state index < -0.39 is 0 Å². The Labute approximate surface area is 731 Å². The summed E-state index contributed by atoms with van der Waals surface area (Å²) in [5.41, 5.74) is 28.2. The number of fused-ring (bicyclic) bond motifs is 17. The minimum atomic E-state index is 0.895. The first-order valence-corrected chi connectivity index (χ1v) is 43.2. The van der Waals surface area contributed by atoms with Gasteiger partial charge in [0.1, 0.15) is 33.5 Å². The lowest BCUT2D eigenvalue weighted by Gasteiger charge is -2.17. The van der Waals surface area contributed by atoms with Gasteiger partial charge in [-0.05, 0) is 180 Å². The number of hydrogen-bond donors (Lipinski definition) is 0. The van der Waals surface area contributed by atoms with Crippen LogP contribution in [0.4, 0.5) is 0 Å². The number of benzene rings is 20. The highest BCUT2D eigenvalue weighted by atomic mass is 16.3. The van der Waals surface area contributed by atoms with E-state index >= 15 is 0 Å². The number of para-hydroxylation sites is 3. The predicted octanol–water partition coefficient (Wildman–Crippen LogP) is 33.7. The van der Waals surface area contributed by atoms with E-state index in [1.807, 2.05) is 48.9 Å². The van der Waals surface area contributed by atoms with Crippen molar-refractivity contribution in [1.29, 1.82) is 0 Å². The van der Waals surface area contributed by atoms with Gasteiger partial charge in [0.25, 0.3) is 0 Å². The van der Waals surface area contributed by atoms with Gasteiger partial charge in [0.15, 0.2) is 0 Å². The Morgan fingerprint density at radius 2 is 0.465 bits per heavy atom. The molecular weight excluding hydrogens is 1540 g/mol. The molecule has 0 aliphatic carbocycles. The van der Waals surface area contributed by atoms with Crippen molar-refractivity contribution >= 4 is 141 Å². The number of nitrogens with zero attached hydrogens (tertiary/aromatic N) is 3. The fourth-order valence-corrected chi connectivity index (χ4v) is 19.6. The van der Waals surface area contributed by atoms with Crippen LogP contribution in [0.15, 0.2) is 469 Å². The molecule has 0 fully saturated rings. The maximum Gasteiger partial charge on any atom is 0.143 e. The lowest BCUT2D eigenvalue weighted by Crippen LogP contribution is -1.92. The summed E-state index contributed by atoms with van der Waals surface area (Å²) in [4.78, 5) is 15.2. The van der Waals surface area contributed by atoms with E-state index in [4.69, 9.17) is 28.2 Å². The molecule has 6 heteroatoms. The summed E-state index contributed by atoms with van der Waals surface area (Å²) in [6.45, 7) is 0. The van der Waals surface area contributed by atoms with Gasteiger partial charge in [-0.3, -0.25) is 15.0 Å². The second-order valence-electron chi connectivity index (χ2n) is 32.5. The molecule has 26 rings (SSSR count). The average Bonchev–Trinajstić information content (AvgIpc) is 1.73. The van der Waals surface area contributed by atoms with Gasteiger partial charge in [-0.2, -0.15) is 0 Å². The van der Waals surface area contributed by atoms with Gasteiger partial charge in [0.2, 0.25) is 0 Å². The van der Waals surface area contributed by atoms with Crippen LogP contribution in [0.5, 0.6) is 0 Å². The molecule has 0 saturated heterocycles. The van der Waals surface area contributed by atoms with Crippen LogP contribution in [-0.4, -0.2) is 15.0 Å². The van der Waals surface area contributed by atoms with Crippen molar-refractivity contribution in [2.75, 3.05) is 0 Å². The molecule has 0 atom stereocenters. The Morgan fingerprint density at radius 1 is 0.150 bits per heavy atom. The van der Waals surface area contributed by atoms with Gasteiger partial charge in [-0.1, -0.05) is 382 Å².